The highest BCUT2D eigenvalue weighted by atomic mass is 32.2. The molecule has 0 saturated heterocycles. The molecule has 1 fully saturated rings. The summed E-state index contributed by atoms with van der Waals surface area (Å²) in [6.45, 7) is 4.15. The van der Waals surface area contributed by atoms with Gasteiger partial charge in [0.05, 0.1) is 11.1 Å². The summed E-state index contributed by atoms with van der Waals surface area (Å²) in [5.74, 6) is 0.891. The number of benzene rings is 1. The number of nitrogens with two attached hydrogens (primary N) is 1. The topological polar surface area (TPSA) is 55.1 Å². The van der Waals surface area contributed by atoms with Gasteiger partial charge in [-0.15, -0.1) is 18.3 Å². The molecular formula is C15H20N2OS. The van der Waals surface area contributed by atoms with E-state index in [4.69, 9.17) is 5.73 Å². The summed E-state index contributed by atoms with van der Waals surface area (Å²) in [5, 5.41) is 3.04. The molecule has 0 spiro atoms. The Kier molecular flexibility index (Phi) is 4.66. The molecule has 1 aliphatic rings. The first kappa shape index (κ1) is 14.2. The summed E-state index contributed by atoms with van der Waals surface area (Å²) < 4.78 is 0. The van der Waals surface area contributed by atoms with Gasteiger partial charge in [0, 0.05) is 17.2 Å². The monoisotopic (exact) mass is 276 g/mol. The molecule has 0 aromatic heterocycles. The number of carbonyl (C=O) groups excluding carboxylic acids is 1. The fourth-order valence-corrected chi connectivity index (χ4v) is 2.97. The predicted octanol–water partition coefficient (Wildman–Crippen LogP) is 3.03. The van der Waals surface area contributed by atoms with Crippen LogP contribution in [0.3, 0.4) is 0 Å². The van der Waals surface area contributed by atoms with Crippen LogP contribution in [0.2, 0.25) is 0 Å². The van der Waals surface area contributed by atoms with Crippen molar-refractivity contribution in [3.8, 4) is 0 Å². The molecule has 1 aromatic carbocycles. The summed E-state index contributed by atoms with van der Waals surface area (Å²) in [5.41, 5.74) is 6.30. The van der Waals surface area contributed by atoms with Crippen molar-refractivity contribution in [1.29, 1.82) is 0 Å². The number of anilines is 1. The van der Waals surface area contributed by atoms with E-state index < -0.39 is 0 Å². The smallest absolute Gasteiger partial charge is 0.231 e. The SMILES string of the molecule is C=CCSc1ccccc1NC(=O)C1(CN)CCC1. The molecule has 0 radical (unpaired) electrons. The first-order valence-corrected chi connectivity index (χ1v) is 7.55. The highest BCUT2D eigenvalue weighted by Crippen LogP contribution is 2.41. The highest BCUT2D eigenvalue weighted by Gasteiger charge is 2.42. The molecule has 1 aliphatic carbocycles. The zero-order valence-electron chi connectivity index (χ0n) is 11.0. The molecule has 1 saturated carbocycles. The van der Waals surface area contributed by atoms with E-state index in [-0.39, 0.29) is 11.3 Å². The lowest BCUT2D eigenvalue weighted by Gasteiger charge is -2.39. The number of nitrogens with one attached hydrogen (secondary N) is 1. The van der Waals surface area contributed by atoms with Crippen molar-refractivity contribution in [3.63, 3.8) is 0 Å². The number of rotatable bonds is 6. The minimum atomic E-state index is -0.337. The van der Waals surface area contributed by atoms with Gasteiger partial charge in [0.2, 0.25) is 5.91 Å². The van der Waals surface area contributed by atoms with E-state index in [2.05, 4.69) is 11.9 Å². The minimum absolute atomic E-state index is 0.0629. The largest absolute Gasteiger partial charge is 0.329 e. The third kappa shape index (κ3) is 3.01. The van der Waals surface area contributed by atoms with Crippen LogP contribution in [-0.4, -0.2) is 18.2 Å². The Labute approximate surface area is 118 Å². The average molecular weight is 276 g/mol. The predicted molar refractivity (Wildman–Crippen MR) is 81.3 cm³/mol. The first-order chi connectivity index (χ1) is 9.22. The van der Waals surface area contributed by atoms with Crippen LogP contribution in [0.1, 0.15) is 19.3 Å². The van der Waals surface area contributed by atoms with E-state index in [9.17, 15) is 4.79 Å². The fourth-order valence-electron chi connectivity index (χ4n) is 2.23. The molecule has 1 amide bonds. The molecule has 0 aliphatic heterocycles. The molecule has 19 heavy (non-hydrogen) atoms. The van der Waals surface area contributed by atoms with E-state index in [0.717, 1.165) is 35.6 Å². The number of carbonyl (C=O) groups is 1. The number of para-hydroxylation sites is 1. The normalized spacial score (nSPS) is 16.5. The number of hydrogen-bond acceptors (Lipinski definition) is 3. The molecule has 0 atom stereocenters. The van der Waals surface area contributed by atoms with Crippen LogP contribution in [0, 0.1) is 5.41 Å². The zero-order valence-corrected chi connectivity index (χ0v) is 11.8. The molecular weight excluding hydrogens is 256 g/mol. The maximum atomic E-state index is 12.4. The van der Waals surface area contributed by atoms with Gasteiger partial charge in [-0.25, -0.2) is 0 Å². The average Bonchev–Trinajstić information content (AvgIpc) is 2.37. The summed E-state index contributed by atoms with van der Waals surface area (Å²) in [7, 11) is 0. The van der Waals surface area contributed by atoms with Gasteiger partial charge < -0.3 is 11.1 Å². The molecule has 2 rings (SSSR count). The second kappa shape index (κ2) is 6.26. The highest BCUT2D eigenvalue weighted by molar-refractivity contribution is 7.99. The summed E-state index contributed by atoms with van der Waals surface area (Å²) >= 11 is 1.67. The van der Waals surface area contributed by atoms with E-state index >= 15 is 0 Å². The van der Waals surface area contributed by atoms with Gasteiger partial charge in [-0.1, -0.05) is 24.6 Å². The zero-order chi connectivity index (χ0) is 13.7. The molecule has 102 valence electrons. The maximum Gasteiger partial charge on any atom is 0.231 e. The van der Waals surface area contributed by atoms with Crippen molar-refractivity contribution >= 4 is 23.4 Å². The van der Waals surface area contributed by atoms with Gasteiger partial charge in [-0.2, -0.15) is 0 Å². The summed E-state index contributed by atoms with van der Waals surface area (Å²) in [6, 6.07) is 7.86. The van der Waals surface area contributed by atoms with Crippen molar-refractivity contribution < 1.29 is 4.79 Å². The Morgan fingerprint density at radius 1 is 1.47 bits per heavy atom. The van der Waals surface area contributed by atoms with Crippen molar-refractivity contribution in [2.24, 2.45) is 11.1 Å². The van der Waals surface area contributed by atoms with Crippen LogP contribution in [-0.2, 0) is 4.79 Å². The minimum Gasteiger partial charge on any atom is -0.329 e. The van der Waals surface area contributed by atoms with Gasteiger partial charge in [-0.3, -0.25) is 4.79 Å². The van der Waals surface area contributed by atoms with Crippen LogP contribution in [0.5, 0.6) is 0 Å². The van der Waals surface area contributed by atoms with Gasteiger partial charge >= 0.3 is 0 Å². The Hall–Kier alpha value is -1.26. The van der Waals surface area contributed by atoms with Gasteiger partial charge in [0.25, 0.3) is 0 Å². The Morgan fingerprint density at radius 2 is 2.21 bits per heavy atom. The van der Waals surface area contributed by atoms with Crippen LogP contribution in [0.15, 0.2) is 41.8 Å². The lowest BCUT2D eigenvalue weighted by atomic mass is 9.68. The van der Waals surface area contributed by atoms with Crippen LogP contribution >= 0.6 is 11.8 Å². The lowest BCUT2D eigenvalue weighted by Crippen LogP contribution is -2.47. The van der Waals surface area contributed by atoms with Crippen molar-refractivity contribution in [2.75, 3.05) is 17.6 Å². The number of hydrogen-bond donors (Lipinski definition) is 2. The molecule has 1 aromatic rings. The molecule has 3 nitrogen and oxygen atoms in total. The quantitative estimate of drug-likeness (QED) is 0.620. The Morgan fingerprint density at radius 3 is 2.79 bits per heavy atom. The van der Waals surface area contributed by atoms with Crippen molar-refractivity contribution in [3.05, 3.63) is 36.9 Å². The molecule has 0 bridgehead atoms. The van der Waals surface area contributed by atoms with E-state index in [0.29, 0.717) is 6.54 Å². The van der Waals surface area contributed by atoms with Gasteiger partial charge in [0.15, 0.2) is 0 Å². The van der Waals surface area contributed by atoms with Gasteiger partial charge in [0.1, 0.15) is 0 Å². The third-order valence-electron chi connectivity index (χ3n) is 3.68. The number of amides is 1. The molecule has 4 heteroatoms. The molecule has 0 heterocycles. The first-order valence-electron chi connectivity index (χ1n) is 6.56. The Bertz CT molecular complexity index is 463. The van der Waals surface area contributed by atoms with E-state index in [1.165, 1.54) is 0 Å². The summed E-state index contributed by atoms with van der Waals surface area (Å²) in [4.78, 5) is 13.4. The van der Waals surface area contributed by atoms with Crippen molar-refractivity contribution in [2.45, 2.75) is 24.2 Å². The fraction of sp³-hybridized carbons (Fsp3) is 0.400. The molecule has 0 unspecified atom stereocenters. The standard InChI is InChI=1S/C15H20N2OS/c1-2-10-19-13-7-4-3-6-12(13)17-14(18)15(11-16)8-5-9-15/h2-4,6-7H,1,5,8-11,16H2,(H,17,18). The summed E-state index contributed by atoms with van der Waals surface area (Å²) in [6.07, 6.45) is 4.75. The van der Waals surface area contributed by atoms with E-state index in [1.54, 1.807) is 11.8 Å². The lowest BCUT2D eigenvalue weighted by molar-refractivity contribution is -0.129. The van der Waals surface area contributed by atoms with Crippen LogP contribution in [0.25, 0.3) is 0 Å². The second-order valence-corrected chi connectivity index (χ2v) is 5.95. The van der Waals surface area contributed by atoms with Gasteiger partial charge in [-0.05, 0) is 25.0 Å². The second-order valence-electron chi connectivity index (χ2n) is 4.89. The van der Waals surface area contributed by atoms with Crippen LogP contribution in [0.4, 0.5) is 5.69 Å². The maximum absolute atomic E-state index is 12.4. The van der Waals surface area contributed by atoms with Crippen LogP contribution < -0.4 is 11.1 Å². The third-order valence-corrected chi connectivity index (χ3v) is 4.74. The number of thioether (sulfide) groups is 1. The molecule has 3 N–H and O–H groups in total. The Balaban J connectivity index is 2.10. The van der Waals surface area contributed by atoms with E-state index in [1.807, 2.05) is 30.3 Å². The van der Waals surface area contributed by atoms with Crippen molar-refractivity contribution in [1.82, 2.24) is 0 Å².